The highest BCUT2D eigenvalue weighted by Crippen LogP contribution is 2.59. The monoisotopic (exact) mass is 1600 g/mol. The number of hydrogen-bond donors (Lipinski definition) is 2. The summed E-state index contributed by atoms with van der Waals surface area (Å²) in [5.41, 5.74) is 18.4. The highest BCUT2D eigenvalue weighted by Gasteiger charge is 2.41. The number of unbranched alkanes of at least 4 members (excludes halogenated alkanes) is 32. The molecule has 4 aliphatic heterocycles. The van der Waals surface area contributed by atoms with Gasteiger partial charge in [0.15, 0.2) is 0 Å². The van der Waals surface area contributed by atoms with Crippen molar-refractivity contribution in [3.05, 3.63) is 200 Å². The van der Waals surface area contributed by atoms with E-state index in [0.717, 1.165) is 179 Å². The third-order valence-electron chi connectivity index (χ3n) is 25.6. The molecule has 8 bridgehead atoms. The van der Waals surface area contributed by atoms with Crippen LogP contribution in [0.1, 0.15) is 375 Å². The molecule has 8 aromatic carbocycles. The van der Waals surface area contributed by atoms with Gasteiger partial charge >= 0.3 is 0 Å². The molecule has 4 atom stereocenters. The molecule has 0 aromatic heterocycles. The number of azo groups is 2. The molecule has 632 valence electrons. The third-order valence-corrected chi connectivity index (χ3v) is 25.6. The molecule has 0 fully saturated rings. The lowest BCUT2D eigenvalue weighted by molar-refractivity contribution is 0.0951. The lowest BCUT2D eigenvalue weighted by Gasteiger charge is -2.37. The molecule has 14 heteroatoms. The molecule has 5 aliphatic rings. The van der Waals surface area contributed by atoms with Gasteiger partial charge in [-0.2, -0.15) is 20.5 Å². The molecular formula is C104H138N6O8. The topological polar surface area (TPSA) is 147 Å². The van der Waals surface area contributed by atoms with Crippen molar-refractivity contribution in [3.63, 3.8) is 0 Å². The highest BCUT2D eigenvalue weighted by atomic mass is 16.7. The third kappa shape index (κ3) is 23.3. The van der Waals surface area contributed by atoms with Crippen molar-refractivity contribution in [1.82, 2.24) is 0 Å². The predicted octanol–water partition coefficient (Wildman–Crippen LogP) is 31.8. The molecule has 4 unspecified atom stereocenters. The fraction of sp³-hybridized carbons (Fsp3) is 0.538. The summed E-state index contributed by atoms with van der Waals surface area (Å²) in [6, 6.07) is 46.7. The molecule has 0 saturated carbocycles. The minimum atomic E-state index is -0.147. The molecule has 2 N–H and O–H groups in total. The Kier molecular flexibility index (Phi) is 34.2. The lowest BCUT2D eigenvalue weighted by Crippen LogP contribution is -2.25. The first kappa shape index (κ1) is 86.8. The van der Waals surface area contributed by atoms with Crippen LogP contribution >= 0.6 is 0 Å². The summed E-state index contributed by atoms with van der Waals surface area (Å²) in [4.78, 5) is 0. The van der Waals surface area contributed by atoms with E-state index in [9.17, 15) is 0 Å². The average molecular weight is 1600 g/mol. The molecule has 4 heterocycles. The normalized spacial score (nSPS) is 16.1. The quantitative estimate of drug-likeness (QED) is 0.0279. The Labute approximate surface area is 707 Å². The summed E-state index contributed by atoms with van der Waals surface area (Å²) in [6.45, 7) is 14.5. The second kappa shape index (κ2) is 46.5. The maximum absolute atomic E-state index is 7.42. The van der Waals surface area contributed by atoms with Crippen molar-refractivity contribution in [2.24, 2.45) is 20.5 Å². The van der Waals surface area contributed by atoms with Crippen LogP contribution in [-0.2, 0) is 13.1 Å². The second-order valence-corrected chi connectivity index (χ2v) is 34.2. The van der Waals surface area contributed by atoms with E-state index in [4.69, 9.17) is 37.9 Å². The number of anilines is 2. The van der Waals surface area contributed by atoms with Gasteiger partial charge in [-0.25, -0.2) is 0 Å². The van der Waals surface area contributed by atoms with E-state index < -0.39 is 0 Å². The van der Waals surface area contributed by atoms with Gasteiger partial charge < -0.3 is 48.5 Å². The summed E-state index contributed by atoms with van der Waals surface area (Å²) >= 11 is 0. The Balaban J connectivity index is 1.02. The molecule has 1 aliphatic carbocycles. The van der Waals surface area contributed by atoms with E-state index in [1.165, 1.54) is 224 Å². The van der Waals surface area contributed by atoms with Gasteiger partial charge in [-0.1, -0.05) is 295 Å². The first-order chi connectivity index (χ1) is 58.3. The lowest BCUT2D eigenvalue weighted by atomic mass is 9.74. The van der Waals surface area contributed by atoms with Crippen LogP contribution in [0.2, 0.25) is 0 Å². The van der Waals surface area contributed by atoms with Crippen molar-refractivity contribution in [2.45, 2.75) is 335 Å². The van der Waals surface area contributed by atoms with Gasteiger partial charge in [-0.15, -0.1) is 0 Å². The zero-order chi connectivity index (χ0) is 81.3. The van der Waals surface area contributed by atoms with Crippen LogP contribution in [-0.4, -0.2) is 27.2 Å². The average Bonchev–Trinajstić information content (AvgIpc) is 0.722. The van der Waals surface area contributed by atoms with E-state index in [0.29, 0.717) is 13.1 Å². The fourth-order valence-corrected chi connectivity index (χ4v) is 19.0. The van der Waals surface area contributed by atoms with Gasteiger partial charge in [0.25, 0.3) is 0 Å². The summed E-state index contributed by atoms with van der Waals surface area (Å²) in [5.74, 6) is 6.00. The van der Waals surface area contributed by atoms with E-state index in [1.54, 1.807) is 0 Å². The first-order valence-electron chi connectivity index (χ1n) is 46.7. The summed E-state index contributed by atoms with van der Waals surface area (Å²) < 4.78 is 59.0. The Morgan fingerprint density at radius 2 is 0.449 bits per heavy atom. The van der Waals surface area contributed by atoms with Gasteiger partial charge in [0.1, 0.15) is 46.0 Å². The molecule has 0 amide bonds. The molecule has 0 radical (unpaired) electrons. The van der Waals surface area contributed by atoms with E-state index in [2.05, 4.69) is 121 Å². The molecule has 0 spiro atoms. The molecule has 13 rings (SSSR count). The summed E-state index contributed by atoms with van der Waals surface area (Å²) in [6.07, 6.45) is 47.8. The summed E-state index contributed by atoms with van der Waals surface area (Å²) in [5, 5.41) is 26.4. The molecule has 14 nitrogen and oxygen atoms in total. The predicted molar refractivity (Wildman–Crippen MR) is 483 cm³/mol. The Morgan fingerprint density at radius 3 is 0.686 bits per heavy atom. The van der Waals surface area contributed by atoms with Crippen molar-refractivity contribution < 1.29 is 37.9 Å². The standard InChI is InChI=1S/C104H138N6O8/c1-7-11-15-19-23-27-31-35-45-53-83-87-65-88-84(54-46-36-32-28-24-20-16-12-8-2)93-68-94-86(56-48-38-34-30-26-22-18-14-10-4)90-66-89-85(55-47-37-33-29-25-21-17-13-9-3)92-67-91(83)101-95(69-105-77-57-61-81(62-58-77)109-107-79-49-41-39-42-50-79)102(92)116-73-113-99(89)76(6)100(90)114-74-118-104(94)96(103(93)117-72-112-98(88)75(5)97(87)111-71-115-101)70-106-78-59-63-82(64-60-78)110-108-80-51-43-40-44-52-80/h39-44,49-52,57-68,83-86,105-106H,7-38,45-48,53-56,69-74H2,1-6H3. The molecule has 118 heavy (non-hydrogen) atoms. The van der Waals surface area contributed by atoms with Crippen LogP contribution in [0.15, 0.2) is 154 Å². The zero-order valence-electron chi connectivity index (χ0n) is 72.6. The maximum atomic E-state index is 7.42. The van der Waals surface area contributed by atoms with Gasteiger partial charge in [0.2, 0.25) is 27.2 Å². The van der Waals surface area contributed by atoms with Crippen LogP contribution in [0.4, 0.5) is 34.1 Å². The molecule has 8 aromatic rings. The van der Waals surface area contributed by atoms with Crippen molar-refractivity contribution in [3.8, 4) is 46.0 Å². The first-order valence-corrected chi connectivity index (χ1v) is 46.7. The van der Waals surface area contributed by atoms with Crippen molar-refractivity contribution >= 4 is 34.1 Å². The number of nitrogens with one attached hydrogen (secondary N) is 2. The van der Waals surface area contributed by atoms with Gasteiger partial charge in [-0.05, 0) is 137 Å². The smallest absolute Gasteiger partial charge is 0.230 e. The van der Waals surface area contributed by atoms with Gasteiger partial charge in [0.05, 0.1) is 33.9 Å². The highest BCUT2D eigenvalue weighted by molar-refractivity contribution is 5.71. The Morgan fingerprint density at radius 1 is 0.246 bits per heavy atom. The second-order valence-electron chi connectivity index (χ2n) is 34.2. The van der Waals surface area contributed by atoms with E-state index in [1.807, 2.05) is 84.9 Å². The number of nitrogens with zero attached hydrogens (tertiary/aromatic N) is 4. The maximum Gasteiger partial charge on any atom is 0.230 e. The zero-order valence-corrected chi connectivity index (χ0v) is 72.6. The van der Waals surface area contributed by atoms with Crippen LogP contribution in [0.5, 0.6) is 46.0 Å². The summed E-state index contributed by atoms with van der Waals surface area (Å²) in [7, 11) is 0. The number of hydrogen-bond acceptors (Lipinski definition) is 14. The fourth-order valence-electron chi connectivity index (χ4n) is 19.0. The van der Waals surface area contributed by atoms with E-state index >= 15 is 0 Å². The number of benzene rings is 8. The largest absolute Gasteiger partial charge is 0.457 e. The number of ether oxygens (including phenoxy) is 8. The van der Waals surface area contributed by atoms with Gasteiger partial charge in [0, 0.05) is 104 Å². The van der Waals surface area contributed by atoms with Crippen LogP contribution in [0, 0.1) is 13.8 Å². The minimum absolute atomic E-state index is 0.0195. The minimum Gasteiger partial charge on any atom is -0.457 e. The SMILES string of the molecule is CCCCCCCCCCCC1c2cc3c4c(C)c2OCOc2c1cc1c(c2CNc2ccc(N=Nc5ccccc5)cc2)OCOc2c(cc5c(c2C)OCOc2c(cc(c(c2CNc2ccc(N=Nc6ccccc6)cc2)OCO4)C3CCCCCCCCCCC)C5CCCCCCCCCCC)C1CCCCCCCCCCC. The Hall–Kier alpha value is -9.04. The van der Waals surface area contributed by atoms with Crippen LogP contribution in [0.25, 0.3) is 0 Å². The van der Waals surface area contributed by atoms with Crippen molar-refractivity contribution in [1.29, 1.82) is 0 Å². The van der Waals surface area contributed by atoms with Crippen LogP contribution in [0.3, 0.4) is 0 Å². The number of rotatable bonds is 50. The molecular weight excluding hydrogens is 1460 g/mol. The van der Waals surface area contributed by atoms with Crippen LogP contribution < -0.4 is 48.5 Å². The Bertz CT molecular complexity index is 4000. The van der Waals surface area contributed by atoms with Crippen molar-refractivity contribution in [2.75, 3.05) is 37.8 Å². The van der Waals surface area contributed by atoms with Gasteiger partial charge in [-0.3, -0.25) is 0 Å². The molecule has 0 saturated heterocycles. The van der Waals surface area contributed by atoms with E-state index in [-0.39, 0.29) is 50.8 Å².